The van der Waals surface area contributed by atoms with E-state index in [-0.39, 0.29) is 0 Å². The standard InChI is InChI=1S/C54H91N2/c1-4-6-8-10-12-14-16-18-20-22-23-25-27-29-31-39-45-55-49-53(47-50(3)52-43-37-34-38-44-52)56(54(55)48-51-41-35-33-36-42-51)46-40-32-30-28-26-24-21-19-17-15-13-11-9-7-5-2/h33-38,41-44,49-50H,4-32,39-40,45-48H2,1-3H3/q+1. The predicted molar refractivity (Wildman–Crippen MR) is 247 cm³/mol. The van der Waals surface area contributed by atoms with Gasteiger partial charge in [0, 0.05) is 6.42 Å². The van der Waals surface area contributed by atoms with Crippen LogP contribution in [0.4, 0.5) is 0 Å². The Morgan fingerprint density at radius 2 is 0.821 bits per heavy atom. The quantitative estimate of drug-likeness (QED) is 0.0406. The highest BCUT2D eigenvalue weighted by Gasteiger charge is 2.25. The molecule has 0 N–H and O–H groups in total. The first-order chi connectivity index (χ1) is 27.7. The second-order valence-electron chi connectivity index (χ2n) is 17.8. The molecule has 2 aromatic carbocycles. The van der Waals surface area contributed by atoms with Crippen LogP contribution in [-0.2, 0) is 25.9 Å². The summed E-state index contributed by atoms with van der Waals surface area (Å²) in [6, 6.07) is 22.5. The van der Waals surface area contributed by atoms with Gasteiger partial charge in [0.15, 0.2) is 0 Å². The molecular weight excluding hydrogens is 677 g/mol. The van der Waals surface area contributed by atoms with Crippen molar-refractivity contribution >= 4 is 0 Å². The van der Waals surface area contributed by atoms with Gasteiger partial charge in [-0.25, -0.2) is 9.13 Å². The molecule has 0 aliphatic carbocycles. The van der Waals surface area contributed by atoms with E-state index in [1.165, 1.54) is 222 Å². The first kappa shape index (κ1) is 48.0. The van der Waals surface area contributed by atoms with Crippen LogP contribution in [0.5, 0.6) is 0 Å². The Bertz CT molecular complexity index is 1280. The number of hydrogen-bond acceptors (Lipinski definition) is 0. The molecule has 1 aromatic heterocycles. The molecule has 1 heterocycles. The van der Waals surface area contributed by atoms with E-state index in [2.05, 4.69) is 96.8 Å². The normalized spacial score (nSPS) is 12.1. The molecule has 3 rings (SSSR count). The van der Waals surface area contributed by atoms with Crippen molar-refractivity contribution in [2.24, 2.45) is 0 Å². The maximum atomic E-state index is 2.77. The number of aromatic nitrogens is 2. The van der Waals surface area contributed by atoms with E-state index in [1.807, 2.05) is 0 Å². The number of aryl methyl sites for hydroxylation is 1. The summed E-state index contributed by atoms with van der Waals surface area (Å²) in [5, 5.41) is 0. The van der Waals surface area contributed by atoms with Crippen LogP contribution in [0, 0.1) is 0 Å². The van der Waals surface area contributed by atoms with Crippen molar-refractivity contribution in [3.63, 3.8) is 0 Å². The lowest BCUT2D eigenvalue weighted by atomic mass is 9.96. The molecule has 0 amide bonds. The molecule has 0 aliphatic rings. The monoisotopic (exact) mass is 768 g/mol. The second kappa shape index (κ2) is 33.6. The van der Waals surface area contributed by atoms with Crippen LogP contribution < -0.4 is 4.57 Å². The molecule has 0 spiro atoms. The van der Waals surface area contributed by atoms with Crippen molar-refractivity contribution in [2.75, 3.05) is 0 Å². The molecule has 0 fully saturated rings. The topological polar surface area (TPSA) is 8.81 Å². The Balaban J connectivity index is 1.46. The Labute approximate surface area is 349 Å². The van der Waals surface area contributed by atoms with Gasteiger partial charge in [-0.05, 0) is 42.7 Å². The van der Waals surface area contributed by atoms with Gasteiger partial charge in [-0.1, -0.05) is 255 Å². The van der Waals surface area contributed by atoms with Gasteiger partial charge in [0.1, 0.15) is 11.9 Å². The largest absolute Gasteiger partial charge is 0.261 e. The molecule has 2 heteroatoms. The Morgan fingerprint density at radius 1 is 0.446 bits per heavy atom. The number of nitrogens with zero attached hydrogens (tertiary/aromatic N) is 2. The fourth-order valence-corrected chi connectivity index (χ4v) is 8.93. The van der Waals surface area contributed by atoms with Crippen molar-refractivity contribution in [2.45, 2.75) is 252 Å². The van der Waals surface area contributed by atoms with Crippen LogP contribution >= 0.6 is 0 Å². The smallest absolute Gasteiger partial charge is 0.234 e. The Kier molecular flexibility index (Phi) is 28.8. The zero-order valence-corrected chi connectivity index (χ0v) is 37.6. The molecular formula is C54H91N2+. The maximum Gasteiger partial charge on any atom is 0.261 e. The summed E-state index contributed by atoms with van der Waals surface area (Å²) in [5.41, 5.74) is 4.43. The predicted octanol–water partition coefficient (Wildman–Crippen LogP) is 16.8. The SMILES string of the molecule is CCCCCCCCCCCCCCCCCCn1cc(CC(C)c2ccccc2)[n+](CCCCCCCCCCCCCCCCC)c1Cc1ccccc1. The van der Waals surface area contributed by atoms with Gasteiger partial charge in [-0.2, -0.15) is 0 Å². The average Bonchev–Trinajstić information content (AvgIpc) is 3.53. The van der Waals surface area contributed by atoms with Crippen LogP contribution in [-0.4, -0.2) is 4.57 Å². The van der Waals surface area contributed by atoms with E-state index < -0.39 is 0 Å². The van der Waals surface area contributed by atoms with Crippen LogP contribution in [0.25, 0.3) is 0 Å². The molecule has 0 saturated carbocycles. The van der Waals surface area contributed by atoms with Gasteiger partial charge in [-0.15, -0.1) is 0 Å². The third-order valence-corrected chi connectivity index (χ3v) is 12.6. The molecule has 0 saturated heterocycles. The molecule has 56 heavy (non-hydrogen) atoms. The molecule has 0 bridgehead atoms. The highest BCUT2D eigenvalue weighted by Crippen LogP contribution is 2.22. The minimum atomic E-state index is 0.513. The van der Waals surface area contributed by atoms with E-state index in [0.717, 1.165) is 25.9 Å². The van der Waals surface area contributed by atoms with Crippen LogP contribution in [0.3, 0.4) is 0 Å². The summed E-state index contributed by atoms with van der Waals surface area (Å²) >= 11 is 0. The van der Waals surface area contributed by atoms with E-state index in [0.29, 0.717) is 5.92 Å². The van der Waals surface area contributed by atoms with Gasteiger partial charge in [0.25, 0.3) is 5.82 Å². The molecule has 316 valence electrons. The van der Waals surface area contributed by atoms with Gasteiger partial charge in [-0.3, -0.25) is 0 Å². The third kappa shape index (κ3) is 22.6. The van der Waals surface area contributed by atoms with Crippen LogP contribution in [0.1, 0.15) is 248 Å². The lowest BCUT2D eigenvalue weighted by Crippen LogP contribution is -2.41. The Morgan fingerprint density at radius 3 is 1.25 bits per heavy atom. The highest BCUT2D eigenvalue weighted by molar-refractivity contribution is 5.21. The first-order valence-corrected chi connectivity index (χ1v) is 24.9. The molecule has 1 atom stereocenters. The van der Waals surface area contributed by atoms with Crippen molar-refractivity contribution in [1.29, 1.82) is 0 Å². The van der Waals surface area contributed by atoms with Crippen molar-refractivity contribution in [3.8, 4) is 0 Å². The summed E-state index contributed by atoms with van der Waals surface area (Å²) in [6.07, 6.45) is 48.8. The average molecular weight is 768 g/mol. The van der Waals surface area contributed by atoms with Crippen LogP contribution in [0.15, 0.2) is 66.9 Å². The van der Waals surface area contributed by atoms with E-state index in [9.17, 15) is 0 Å². The van der Waals surface area contributed by atoms with Gasteiger partial charge >= 0.3 is 0 Å². The maximum absolute atomic E-state index is 2.77. The van der Waals surface area contributed by atoms with Gasteiger partial charge in [0.05, 0.1) is 19.5 Å². The Hall–Kier alpha value is -2.35. The van der Waals surface area contributed by atoms with Crippen LogP contribution in [0.2, 0.25) is 0 Å². The fraction of sp³-hybridized carbons (Fsp3) is 0.722. The number of benzene rings is 2. The summed E-state index contributed by atoms with van der Waals surface area (Å²) in [5.74, 6) is 2.04. The zero-order chi connectivity index (χ0) is 39.6. The lowest BCUT2D eigenvalue weighted by Gasteiger charge is -2.12. The van der Waals surface area contributed by atoms with E-state index in [4.69, 9.17) is 0 Å². The number of imidazole rings is 1. The summed E-state index contributed by atoms with van der Waals surface area (Å²) in [7, 11) is 0. The minimum Gasteiger partial charge on any atom is -0.234 e. The van der Waals surface area contributed by atoms with Gasteiger partial charge < -0.3 is 0 Å². The third-order valence-electron chi connectivity index (χ3n) is 12.6. The molecule has 3 aromatic rings. The van der Waals surface area contributed by atoms with Crippen molar-refractivity contribution in [3.05, 3.63) is 89.5 Å². The van der Waals surface area contributed by atoms with Crippen molar-refractivity contribution < 1.29 is 4.57 Å². The fourth-order valence-electron chi connectivity index (χ4n) is 8.93. The van der Waals surface area contributed by atoms with E-state index in [1.54, 1.807) is 0 Å². The number of hydrogen-bond donors (Lipinski definition) is 0. The lowest BCUT2D eigenvalue weighted by molar-refractivity contribution is -0.710. The van der Waals surface area contributed by atoms with Gasteiger partial charge in [0.2, 0.25) is 0 Å². The molecule has 0 radical (unpaired) electrons. The first-order valence-electron chi connectivity index (χ1n) is 24.9. The minimum absolute atomic E-state index is 0.513. The molecule has 2 nitrogen and oxygen atoms in total. The second-order valence-corrected chi connectivity index (χ2v) is 17.8. The summed E-state index contributed by atoms with van der Waals surface area (Å²) in [4.78, 5) is 0. The van der Waals surface area contributed by atoms with Crippen molar-refractivity contribution in [1.82, 2.24) is 4.57 Å². The number of unbranched alkanes of at least 4 members (excludes halogenated alkanes) is 29. The summed E-state index contributed by atoms with van der Waals surface area (Å²) in [6.45, 7) is 9.36. The summed E-state index contributed by atoms with van der Waals surface area (Å²) < 4.78 is 5.44. The van der Waals surface area contributed by atoms with E-state index >= 15 is 0 Å². The molecule has 0 aliphatic heterocycles. The highest BCUT2D eigenvalue weighted by atomic mass is 15.2. The zero-order valence-electron chi connectivity index (χ0n) is 37.6. The molecule has 1 unspecified atom stereocenters. The number of rotatable bonds is 38.